The third kappa shape index (κ3) is 5.62. The molecule has 1 N–H and O–H groups in total. The van der Waals surface area contributed by atoms with Crippen LogP contribution in [0.25, 0.3) is 0 Å². The van der Waals surface area contributed by atoms with Crippen LogP contribution < -0.4 is 10.4 Å². The molecule has 190 valence electrons. The third-order valence-electron chi connectivity index (χ3n) is 6.97. The monoisotopic (exact) mass is 520 g/mol. The fourth-order valence-corrected chi connectivity index (χ4v) is 11.1. The lowest BCUT2D eigenvalue weighted by Gasteiger charge is -2.43. The van der Waals surface area contributed by atoms with Crippen molar-refractivity contribution in [1.29, 1.82) is 0 Å². The van der Waals surface area contributed by atoms with E-state index in [0.717, 1.165) is 4.90 Å². The van der Waals surface area contributed by atoms with Crippen molar-refractivity contribution >= 4 is 36.4 Å². The molecule has 1 fully saturated rings. The van der Waals surface area contributed by atoms with Crippen LogP contribution in [-0.4, -0.2) is 44.0 Å². The van der Waals surface area contributed by atoms with Crippen LogP contribution in [0.4, 0.5) is 0 Å². The number of cyclic esters (lactones) is 1. The summed E-state index contributed by atoms with van der Waals surface area (Å²) in [6, 6.07) is 31.0. The lowest BCUT2D eigenvalue weighted by molar-refractivity contribution is -0.141. The van der Waals surface area contributed by atoms with Crippen LogP contribution in [0, 0.1) is 5.92 Å². The Labute approximate surface area is 220 Å². The van der Waals surface area contributed by atoms with E-state index in [9.17, 15) is 9.90 Å². The molecule has 0 aromatic heterocycles. The first-order valence-corrected chi connectivity index (χ1v) is 15.4. The lowest BCUT2D eigenvalue weighted by Crippen LogP contribution is -2.66. The van der Waals surface area contributed by atoms with Gasteiger partial charge < -0.3 is 14.3 Å². The fourth-order valence-electron chi connectivity index (χ4n) is 5.30. The summed E-state index contributed by atoms with van der Waals surface area (Å²) in [5, 5.41) is 11.8. The van der Waals surface area contributed by atoms with Crippen molar-refractivity contribution in [1.82, 2.24) is 0 Å². The van der Waals surface area contributed by atoms with Crippen molar-refractivity contribution in [2.75, 3.05) is 13.2 Å². The van der Waals surface area contributed by atoms with E-state index in [0.29, 0.717) is 19.4 Å². The van der Waals surface area contributed by atoms with Gasteiger partial charge in [-0.05, 0) is 34.0 Å². The minimum absolute atomic E-state index is 0.0270. The highest BCUT2D eigenvalue weighted by Gasteiger charge is 2.51. The molecule has 1 heterocycles. The van der Waals surface area contributed by atoms with E-state index in [1.807, 2.05) is 42.5 Å². The van der Waals surface area contributed by atoms with Gasteiger partial charge in [0, 0.05) is 30.4 Å². The number of hydrogen-bond donors (Lipinski definition) is 1. The molecule has 0 radical (unpaired) electrons. The normalized spacial score (nSPS) is 20.3. The van der Waals surface area contributed by atoms with Crippen molar-refractivity contribution in [3.05, 3.63) is 91.0 Å². The smallest absolute Gasteiger partial charge is 0.320 e. The summed E-state index contributed by atoms with van der Waals surface area (Å²) in [5.41, 5.74) is 0. The number of aliphatic hydroxyl groups excluding tert-OH is 1. The summed E-state index contributed by atoms with van der Waals surface area (Å²) in [5.74, 6) is -0.256. The van der Waals surface area contributed by atoms with Gasteiger partial charge in [-0.2, -0.15) is 0 Å². The topological polar surface area (TPSA) is 55.8 Å². The Hall–Kier alpha value is -2.38. The molecule has 3 aromatic carbocycles. The first-order chi connectivity index (χ1) is 17.4. The van der Waals surface area contributed by atoms with Gasteiger partial charge >= 0.3 is 5.97 Å². The highest BCUT2D eigenvalue weighted by molar-refractivity contribution is 8.00. The van der Waals surface area contributed by atoms with Crippen molar-refractivity contribution in [3.63, 3.8) is 0 Å². The number of aliphatic hydroxyl groups is 1. The van der Waals surface area contributed by atoms with Gasteiger partial charge in [-0.3, -0.25) is 4.79 Å². The summed E-state index contributed by atoms with van der Waals surface area (Å²) in [7, 11) is -2.65. The summed E-state index contributed by atoms with van der Waals surface area (Å²) in [6.45, 7) is 7.29. The molecule has 0 spiro atoms. The summed E-state index contributed by atoms with van der Waals surface area (Å²) >= 11 is 1.53. The Balaban J connectivity index is 1.57. The number of hydrogen-bond acceptors (Lipinski definition) is 5. The standard InChI is InChI=1S/C30H36O4SSi/c1-30(2,3)36(24-15-9-5-10-16-24,25-17-11-6-12-18-25)33-22-20-27-26(19-21-31)28(29(32)34-27)35-23-13-7-4-8-14-23/h4-18,26-28,31H,19-22H2,1-3H3/t26-,27+,28+/m1/s1. The van der Waals surface area contributed by atoms with Gasteiger partial charge in [0.15, 0.2) is 0 Å². The van der Waals surface area contributed by atoms with Crippen molar-refractivity contribution in [2.45, 2.75) is 54.9 Å². The predicted molar refractivity (Wildman–Crippen MR) is 149 cm³/mol. The Bertz CT molecular complexity index is 1060. The van der Waals surface area contributed by atoms with Crippen LogP contribution in [0.1, 0.15) is 33.6 Å². The Morgan fingerprint density at radius 1 is 0.861 bits per heavy atom. The van der Waals surface area contributed by atoms with Crippen molar-refractivity contribution < 1.29 is 19.1 Å². The molecular weight excluding hydrogens is 484 g/mol. The van der Waals surface area contributed by atoms with Crippen molar-refractivity contribution in [3.8, 4) is 0 Å². The maximum absolute atomic E-state index is 12.9. The highest BCUT2D eigenvalue weighted by Crippen LogP contribution is 2.40. The van der Waals surface area contributed by atoms with Crippen LogP contribution >= 0.6 is 11.8 Å². The molecule has 0 amide bonds. The average Bonchev–Trinajstić information content (AvgIpc) is 3.17. The lowest BCUT2D eigenvalue weighted by atomic mass is 9.95. The highest BCUT2D eigenvalue weighted by atomic mass is 32.2. The molecule has 1 aliphatic heterocycles. The summed E-state index contributed by atoms with van der Waals surface area (Å²) < 4.78 is 12.9. The number of benzene rings is 3. The molecule has 1 aliphatic rings. The summed E-state index contributed by atoms with van der Waals surface area (Å²) in [6.07, 6.45) is 0.858. The van der Waals surface area contributed by atoms with Crippen LogP contribution in [-0.2, 0) is 14.0 Å². The fraction of sp³-hybridized carbons (Fsp3) is 0.367. The second kappa shape index (κ2) is 11.8. The number of esters is 1. The van der Waals surface area contributed by atoms with Crippen LogP contribution in [0.5, 0.6) is 0 Å². The zero-order valence-electron chi connectivity index (χ0n) is 21.3. The SMILES string of the molecule is CC(C)(C)[Si](OCC[C@@H]1OC(=O)[C@@H](Sc2ccccc2)[C@@H]1CCO)(c1ccccc1)c1ccccc1. The molecule has 0 saturated carbocycles. The molecule has 36 heavy (non-hydrogen) atoms. The number of carbonyl (C=O) groups is 1. The third-order valence-corrected chi connectivity index (χ3v) is 13.4. The van der Waals surface area contributed by atoms with E-state index < -0.39 is 8.32 Å². The Morgan fingerprint density at radius 2 is 1.39 bits per heavy atom. The molecule has 0 bridgehead atoms. The number of carbonyl (C=O) groups excluding carboxylic acids is 1. The van der Waals surface area contributed by atoms with Gasteiger partial charge in [0.2, 0.25) is 0 Å². The second-order valence-corrected chi connectivity index (χ2v) is 15.8. The molecule has 4 nitrogen and oxygen atoms in total. The van der Waals surface area contributed by atoms with Crippen LogP contribution in [0.15, 0.2) is 95.9 Å². The minimum atomic E-state index is -2.65. The molecule has 0 unspecified atom stereocenters. The molecule has 6 heteroatoms. The van der Waals surface area contributed by atoms with Gasteiger partial charge in [0.05, 0.1) is 0 Å². The second-order valence-electron chi connectivity index (χ2n) is 10.3. The van der Waals surface area contributed by atoms with Gasteiger partial charge in [0.1, 0.15) is 11.4 Å². The molecule has 3 aromatic rings. The van der Waals surface area contributed by atoms with E-state index in [1.54, 1.807) is 0 Å². The van der Waals surface area contributed by atoms with Gasteiger partial charge in [-0.25, -0.2) is 0 Å². The van der Waals surface area contributed by atoms with Gasteiger partial charge in [-0.15, -0.1) is 11.8 Å². The molecular formula is C30H36O4SSi. The van der Waals surface area contributed by atoms with E-state index in [2.05, 4.69) is 69.3 Å². The largest absolute Gasteiger partial charge is 0.461 e. The van der Waals surface area contributed by atoms with Gasteiger partial charge in [0.25, 0.3) is 8.32 Å². The summed E-state index contributed by atoms with van der Waals surface area (Å²) in [4.78, 5) is 13.9. The number of rotatable bonds is 10. The number of ether oxygens (including phenoxy) is 1. The minimum Gasteiger partial charge on any atom is -0.461 e. The predicted octanol–water partition coefficient (Wildman–Crippen LogP) is 5.04. The zero-order chi connectivity index (χ0) is 25.6. The maximum Gasteiger partial charge on any atom is 0.320 e. The average molecular weight is 521 g/mol. The Kier molecular flexibility index (Phi) is 8.73. The number of thioether (sulfide) groups is 1. The quantitative estimate of drug-likeness (QED) is 0.300. The van der Waals surface area contributed by atoms with E-state index in [1.165, 1.54) is 22.1 Å². The molecule has 1 saturated heterocycles. The van der Waals surface area contributed by atoms with E-state index in [4.69, 9.17) is 9.16 Å². The van der Waals surface area contributed by atoms with Gasteiger partial charge in [-0.1, -0.05) is 99.6 Å². The molecule has 3 atom stereocenters. The first-order valence-electron chi connectivity index (χ1n) is 12.6. The first kappa shape index (κ1) is 26.7. The maximum atomic E-state index is 12.9. The van der Waals surface area contributed by atoms with E-state index in [-0.39, 0.29) is 34.9 Å². The van der Waals surface area contributed by atoms with Crippen LogP contribution in [0.2, 0.25) is 5.04 Å². The molecule has 0 aliphatic carbocycles. The Morgan fingerprint density at radius 3 is 1.89 bits per heavy atom. The van der Waals surface area contributed by atoms with Crippen LogP contribution in [0.3, 0.4) is 0 Å². The van der Waals surface area contributed by atoms with Crippen molar-refractivity contribution in [2.24, 2.45) is 5.92 Å². The zero-order valence-corrected chi connectivity index (χ0v) is 23.1. The van der Waals surface area contributed by atoms with E-state index >= 15 is 0 Å². The molecule has 4 rings (SSSR count).